The minimum Gasteiger partial charge on any atom is -0.332 e. The van der Waals surface area contributed by atoms with Gasteiger partial charge in [0.2, 0.25) is 4.96 Å². The lowest BCUT2D eigenvalue weighted by Crippen LogP contribution is -2.34. The number of anilines is 1. The predicted molar refractivity (Wildman–Crippen MR) is 130 cm³/mol. The molecule has 33 heavy (non-hydrogen) atoms. The van der Waals surface area contributed by atoms with Crippen LogP contribution in [0.1, 0.15) is 34.2 Å². The van der Waals surface area contributed by atoms with Crippen molar-refractivity contribution in [2.45, 2.75) is 27.2 Å². The van der Waals surface area contributed by atoms with E-state index in [1.807, 2.05) is 32.0 Å². The van der Waals surface area contributed by atoms with E-state index < -0.39 is 10.8 Å². The minimum atomic E-state index is -0.521. The Morgan fingerprint density at radius 3 is 2.73 bits per heavy atom. The van der Waals surface area contributed by atoms with E-state index in [0.717, 1.165) is 39.0 Å². The standard InChI is InChI=1S/C21H19N7O3S2/c1-4-17-24-25-21-27(17)26-19(33-21)13-8-9-15(11(2)10-13)22-20(32)23-18(29)14-6-5-7-16(12(14)3)28(30)31/h5-10H,4H2,1-3H3,(H2,22,23,29,32). The van der Waals surface area contributed by atoms with Crippen LogP contribution in [0.5, 0.6) is 0 Å². The topological polar surface area (TPSA) is 127 Å². The maximum Gasteiger partial charge on any atom is 0.273 e. The van der Waals surface area contributed by atoms with Gasteiger partial charge in [-0.25, -0.2) is 0 Å². The third-order valence-electron chi connectivity index (χ3n) is 5.07. The number of thiocarbonyl (C=S) groups is 1. The lowest BCUT2D eigenvalue weighted by Gasteiger charge is -2.13. The SMILES string of the molecule is CCc1nnc2sc(-c3ccc(NC(=S)NC(=O)c4cccc([N+](=O)[O-])c4C)c(C)c3)nn12. The Morgan fingerprint density at radius 2 is 2.03 bits per heavy atom. The highest BCUT2D eigenvalue weighted by atomic mass is 32.1. The monoisotopic (exact) mass is 481 g/mol. The smallest absolute Gasteiger partial charge is 0.273 e. The van der Waals surface area contributed by atoms with Crippen LogP contribution in [-0.4, -0.2) is 35.8 Å². The number of hydrogen-bond donors (Lipinski definition) is 2. The van der Waals surface area contributed by atoms with Gasteiger partial charge in [-0.05, 0) is 55.9 Å². The molecule has 0 aliphatic rings. The van der Waals surface area contributed by atoms with Gasteiger partial charge in [0.1, 0.15) is 5.01 Å². The summed E-state index contributed by atoms with van der Waals surface area (Å²) in [6.07, 6.45) is 0.741. The number of nitro benzene ring substituents is 1. The molecule has 0 radical (unpaired) electrons. The fourth-order valence-corrected chi connectivity index (χ4v) is 4.38. The van der Waals surface area contributed by atoms with E-state index >= 15 is 0 Å². The Labute approximate surface area is 197 Å². The van der Waals surface area contributed by atoms with Crippen molar-refractivity contribution < 1.29 is 9.72 Å². The van der Waals surface area contributed by atoms with E-state index in [1.54, 1.807) is 4.52 Å². The van der Waals surface area contributed by atoms with Gasteiger partial charge in [0, 0.05) is 34.9 Å². The quantitative estimate of drug-likeness (QED) is 0.248. The number of carbonyl (C=O) groups excluding carboxylic acids is 1. The number of nitrogens with one attached hydrogen (secondary N) is 2. The highest BCUT2D eigenvalue weighted by Crippen LogP contribution is 2.29. The van der Waals surface area contributed by atoms with Crippen LogP contribution in [0.25, 0.3) is 15.5 Å². The second-order valence-electron chi connectivity index (χ2n) is 7.22. The number of hydrogen-bond acceptors (Lipinski definition) is 8. The molecule has 0 aliphatic heterocycles. The molecule has 0 aliphatic carbocycles. The van der Waals surface area contributed by atoms with Crippen molar-refractivity contribution in [1.29, 1.82) is 0 Å². The van der Waals surface area contributed by atoms with Crippen molar-refractivity contribution in [3.63, 3.8) is 0 Å². The first-order valence-electron chi connectivity index (χ1n) is 9.97. The highest BCUT2D eigenvalue weighted by Gasteiger charge is 2.19. The first-order valence-corrected chi connectivity index (χ1v) is 11.2. The number of nitrogens with zero attached hydrogens (tertiary/aromatic N) is 5. The number of benzene rings is 2. The van der Waals surface area contributed by atoms with Gasteiger partial charge in [-0.2, -0.15) is 9.61 Å². The van der Waals surface area contributed by atoms with Crippen molar-refractivity contribution in [1.82, 2.24) is 25.1 Å². The summed E-state index contributed by atoms with van der Waals surface area (Å²) in [4.78, 5) is 23.9. The van der Waals surface area contributed by atoms with Crippen molar-refractivity contribution in [2.75, 3.05) is 5.32 Å². The van der Waals surface area contributed by atoms with Gasteiger partial charge in [0.25, 0.3) is 11.6 Å². The van der Waals surface area contributed by atoms with Gasteiger partial charge in [-0.1, -0.05) is 24.3 Å². The van der Waals surface area contributed by atoms with Crippen LogP contribution < -0.4 is 10.6 Å². The summed E-state index contributed by atoms with van der Waals surface area (Å²) in [6, 6.07) is 10.1. The van der Waals surface area contributed by atoms with Crippen LogP contribution in [0, 0.1) is 24.0 Å². The Hall–Kier alpha value is -3.77. The summed E-state index contributed by atoms with van der Waals surface area (Å²) < 4.78 is 1.75. The molecule has 0 atom stereocenters. The largest absolute Gasteiger partial charge is 0.332 e. The number of nitro groups is 1. The van der Waals surface area contributed by atoms with E-state index in [2.05, 4.69) is 25.9 Å². The van der Waals surface area contributed by atoms with E-state index in [4.69, 9.17) is 12.2 Å². The fraction of sp³-hybridized carbons (Fsp3) is 0.190. The molecule has 168 valence electrons. The van der Waals surface area contributed by atoms with Crippen molar-refractivity contribution >= 4 is 50.9 Å². The normalized spacial score (nSPS) is 10.9. The van der Waals surface area contributed by atoms with E-state index in [0.29, 0.717) is 0 Å². The number of aromatic nitrogens is 4. The van der Waals surface area contributed by atoms with E-state index in [9.17, 15) is 14.9 Å². The zero-order valence-electron chi connectivity index (χ0n) is 17.9. The first-order chi connectivity index (χ1) is 15.8. The van der Waals surface area contributed by atoms with Crippen LogP contribution in [0.4, 0.5) is 11.4 Å². The Balaban J connectivity index is 1.48. The van der Waals surface area contributed by atoms with Crippen molar-refractivity contribution in [3.05, 3.63) is 69.0 Å². The van der Waals surface area contributed by atoms with Crippen LogP contribution >= 0.6 is 23.6 Å². The number of carbonyl (C=O) groups is 1. The minimum absolute atomic E-state index is 0.0909. The average molecular weight is 482 g/mol. The second-order valence-corrected chi connectivity index (χ2v) is 8.58. The summed E-state index contributed by atoms with van der Waals surface area (Å²) in [5.41, 5.74) is 2.89. The number of rotatable bonds is 5. The molecule has 0 saturated heterocycles. The van der Waals surface area contributed by atoms with Crippen molar-refractivity contribution in [3.8, 4) is 10.6 Å². The van der Waals surface area contributed by atoms with E-state index in [-0.39, 0.29) is 21.9 Å². The third-order valence-corrected chi connectivity index (χ3v) is 6.22. The van der Waals surface area contributed by atoms with Crippen LogP contribution in [0.2, 0.25) is 0 Å². The second kappa shape index (κ2) is 9.00. The van der Waals surface area contributed by atoms with Gasteiger partial charge in [0.15, 0.2) is 10.9 Å². The Kier molecular flexibility index (Phi) is 6.11. The van der Waals surface area contributed by atoms with Gasteiger partial charge < -0.3 is 5.32 Å². The van der Waals surface area contributed by atoms with Gasteiger partial charge in [0.05, 0.1) is 4.92 Å². The molecule has 10 nitrogen and oxygen atoms in total. The Bertz CT molecular complexity index is 1410. The average Bonchev–Trinajstić information content (AvgIpc) is 3.35. The van der Waals surface area contributed by atoms with Gasteiger partial charge in [-0.15, -0.1) is 10.2 Å². The number of amides is 1. The molecule has 4 aromatic rings. The Morgan fingerprint density at radius 1 is 1.24 bits per heavy atom. The molecule has 1 amide bonds. The maximum absolute atomic E-state index is 12.6. The van der Waals surface area contributed by atoms with Crippen molar-refractivity contribution in [2.24, 2.45) is 0 Å². The molecule has 0 unspecified atom stereocenters. The molecular formula is C21H19N7O3S2. The summed E-state index contributed by atoms with van der Waals surface area (Å²) in [5, 5.41) is 30.5. The molecule has 0 fully saturated rings. The fourth-order valence-electron chi connectivity index (χ4n) is 3.32. The number of aryl methyl sites for hydroxylation is 2. The first kappa shape index (κ1) is 22.4. The maximum atomic E-state index is 12.6. The summed E-state index contributed by atoms with van der Waals surface area (Å²) >= 11 is 6.73. The molecule has 0 bridgehead atoms. The molecular weight excluding hydrogens is 462 g/mol. The van der Waals surface area contributed by atoms with E-state index in [1.165, 1.54) is 36.5 Å². The van der Waals surface area contributed by atoms with Gasteiger partial charge in [-0.3, -0.25) is 20.2 Å². The third kappa shape index (κ3) is 4.43. The molecule has 12 heteroatoms. The zero-order chi connectivity index (χ0) is 23.7. The molecule has 2 heterocycles. The highest BCUT2D eigenvalue weighted by molar-refractivity contribution is 7.80. The summed E-state index contributed by atoms with van der Waals surface area (Å²) in [5.74, 6) is 0.289. The lowest BCUT2D eigenvalue weighted by molar-refractivity contribution is -0.385. The molecule has 2 aromatic carbocycles. The molecule has 4 rings (SSSR count). The number of fused-ring (bicyclic) bond motifs is 1. The predicted octanol–water partition coefficient (Wildman–Crippen LogP) is 4.07. The summed E-state index contributed by atoms with van der Waals surface area (Å²) in [7, 11) is 0. The molecule has 0 spiro atoms. The summed E-state index contributed by atoms with van der Waals surface area (Å²) in [6.45, 7) is 5.45. The molecule has 0 saturated carbocycles. The van der Waals surface area contributed by atoms with Crippen LogP contribution in [0.3, 0.4) is 0 Å². The zero-order valence-corrected chi connectivity index (χ0v) is 19.6. The van der Waals surface area contributed by atoms with Crippen LogP contribution in [0.15, 0.2) is 36.4 Å². The lowest BCUT2D eigenvalue weighted by atomic mass is 10.1. The molecule has 2 aromatic heterocycles. The van der Waals surface area contributed by atoms with Gasteiger partial charge >= 0.3 is 0 Å². The molecule has 2 N–H and O–H groups in total. The van der Waals surface area contributed by atoms with Crippen LogP contribution in [-0.2, 0) is 6.42 Å².